The number of carbonyl (C=O) groups is 1. The van der Waals surface area contributed by atoms with Gasteiger partial charge in [-0.05, 0) is 24.3 Å². The Balaban J connectivity index is 1.83. The molecule has 1 heterocycles. The van der Waals surface area contributed by atoms with Gasteiger partial charge < -0.3 is 14.5 Å². The van der Waals surface area contributed by atoms with Gasteiger partial charge in [0.05, 0.1) is 7.11 Å². The summed E-state index contributed by atoms with van der Waals surface area (Å²) in [5.41, 5.74) is 0.729. The summed E-state index contributed by atoms with van der Waals surface area (Å²) >= 11 is 0. The number of hydrogen-bond donors (Lipinski definition) is 1. The van der Waals surface area contributed by atoms with Gasteiger partial charge in [0.2, 0.25) is 17.7 Å². The third kappa shape index (κ3) is 3.80. The molecule has 1 aromatic heterocycles. The van der Waals surface area contributed by atoms with Crippen LogP contribution in [0, 0.1) is 6.92 Å². The van der Waals surface area contributed by atoms with Crippen LogP contribution in [0.5, 0.6) is 5.75 Å². The van der Waals surface area contributed by atoms with Crippen molar-refractivity contribution in [3.8, 4) is 5.75 Å². The van der Waals surface area contributed by atoms with Gasteiger partial charge in [0.15, 0.2) is 0 Å². The maximum Gasteiger partial charge on any atom is 0.224 e. The van der Waals surface area contributed by atoms with E-state index in [2.05, 4.69) is 15.5 Å². The molecule has 2 rings (SSSR count). The van der Waals surface area contributed by atoms with E-state index in [0.29, 0.717) is 24.6 Å². The van der Waals surface area contributed by atoms with Crippen molar-refractivity contribution in [2.24, 2.45) is 0 Å². The molecular formula is C13H15N3O3. The molecule has 0 saturated carbocycles. The Hall–Kier alpha value is -2.37. The molecule has 0 atom stereocenters. The summed E-state index contributed by atoms with van der Waals surface area (Å²) in [4.78, 5) is 11.7. The Morgan fingerprint density at radius 1 is 1.32 bits per heavy atom. The predicted octanol–water partition coefficient (Wildman–Crippen LogP) is 1.96. The lowest BCUT2D eigenvalue weighted by molar-refractivity contribution is -0.116. The lowest BCUT2D eigenvalue weighted by Gasteiger charge is -2.05. The van der Waals surface area contributed by atoms with Gasteiger partial charge in [-0.3, -0.25) is 4.79 Å². The molecular weight excluding hydrogens is 246 g/mol. The number of nitrogens with zero attached hydrogens (tertiary/aromatic N) is 2. The van der Waals surface area contributed by atoms with E-state index >= 15 is 0 Å². The molecule has 0 bridgehead atoms. The highest BCUT2D eigenvalue weighted by atomic mass is 16.5. The average Bonchev–Trinajstić information content (AvgIpc) is 2.83. The van der Waals surface area contributed by atoms with Crippen LogP contribution in [0.3, 0.4) is 0 Å². The lowest BCUT2D eigenvalue weighted by Crippen LogP contribution is -2.12. The minimum absolute atomic E-state index is 0.0963. The van der Waals surface area contributed by atoms with Crippen molar-refractivity contribution >= 4 is 11.6 Å². The molecule has 6 heteroatoms. The number of amides is 1. The summed E-state index contributed by atoms with van der Waals surface area (Å²) in [7, 11) is 1.60. The zero-order valence-electron chi connectivity index (χ0n) is 10.8. The molecule has 0 radical (unpaired) electrons. The van der Waals surface area contributed by atoms with Crippen LogP contribution in [0.4, 0.5) is 5.69 Å². The number of anilines is 1. The second kappa shape index (κ2) is 5.99. The first-order valence-corrected chi connectivity index (χ1v) is 5.90. The Morgan fingerprint density at radius 3 is 2.63 bits per heavy atom. The van der Waals surface area contributed by atoms with Crippen molar-refractivity contribution < 1.29 is 13.9 Å². The average molecular weight is 261 g/mol. The monoisotopic (exact) mass is 261 g/mol. The van der Waals surface area contributed by atoms with Crippen LogP contribution in [0.2, 0.25) is 0 Å². The van der Waals surface area contributed by atoms with E-state index in [0.717, 1.165) is 11.4 Å². The lowest BCUT2D eigenvalue weighted by atomic mass is 10.2. The number of nitrogens with one attached hydrogen (secondary N) is 1. The molecule has 1 aromatic carbocycles. The van der Waals surface area contributed by atoms with Gasteiger partial charge >= 0.3 is 0 Å². The molecule has 0 aliphatic heterocycles. The molecule has 0 spiro atoms. The Labute approximate surface area is 110 Å². The fraction of sp³-hybridized carbons (Fsp3) is 0.308. The Morgan fingerprint density at radius 2 is 2.05 bits per heavy atom. The van der Waals surface area contributed by atoms with E-state index in [1.54, 1.807) is 38.3 Å². The smallest absolute Gasteiger partial charge is 0.224 e. The molecule has 0 fully saturated rings. The maximum absolute atomic E-state index is 11.7. The molecule has 2 aromatic rings. The zero-order valence-corrected chi connectivity index (χ0v) is 10.8. The highest BCUT2D eigenvalue weighted by molar-refractivity contribution is 5.90. The Bertz CT molecular complexity index is 549. The molecule has 100 valence electrons. The molecule has 0 aliphatic rings. The van der Waals surface area contributed by atoms with Gasteiger partial charge in [-0.1, -0.05) is 0 Å². The van der Waals surface area contributed by atoms with E-state index in [4.69, 9.17) is 9.15 Å². The number of methoxy groups -OCH3 is 1. The van der Waals surface area contributed by atoms with Gasteiger partial charge in [0.25, 0.3) is 0 Å². The summed E-state index contributed by atoms with van der Waals surface area (Å²) < 4.78 is 10.2. The second-order valence-electron chi connectivity index (χ2n) is 3.99. The Kier molecular flexibility index (Phi) is 4.12. The largest absolute Gasteiger partial charge is 0.497 e. The number of ether oxygens (including phenoxy) is 1. The summed E-state index contributed by atoms with van der Waals surface area (Å²) in [5, 5.41) is 10.3. The number of hydrogen-bond acceptors (Lipinski definition) is 5. The zero-order chi connectivity index (χ0) is 13.7. The van der Waals surface area contributed by atoms with Crippen LogP contribution < -0.4 is 10.1 Å². The fourth-order valence-electron chi connectivity index (χ4n) is 1.56. The number of carbonyl (C=O) groups excluding carboxylic acids is 1. The van der Waals surface area contributed by atoms with Crippen molar-refractivity contribution in [1.29, 1.82) is 0 Å². The van der Waals surface area contributed by atoms with Crippen molar-refractivity contribution in [3.05, 3.63) is 36.0 Å². The number of benzene rings is 1. The summed E-state index contributed by atoms with van der Waals surface area (Å²) in [5.74, 6) is 1.63. The first kappa shape index (κ1) is 13.1. The van der Waals surface area contributed by atoms with E-state index in [-0.39, 0.29) is 5.91 Å². The molecule has 0 unspecified atom stereocenters. The van der Waals surface area contributed by atoms with Gasteiger partial charge in [0.1, 0.15) is 5.75 Å². The SMILES string of the molecule is COc1ccc(NC(=O)CCc2nnc(C)o2)cc1. The molecule has 0 saturated heterocycles. The van der Waals surface area contributed by atoms with Crippen LogP contribution in [0.25, 0.3) is 0 Å². The van der Waals surface area contributed by atoms with E-state index in [1.807, 2.05) is 0 Å². The molecule has 1 amide bonds. The van der Waals surface area contributed by atoms with Crippen LogP contribution in [-0.2, 0) is 11.2 Å². The standard InChI is InChI=1S/C13H15N3O3/c1-9-15-16-13(19-9)8-7-12(17)14-10-3-5-11(18-2)6-4-10/h3-6H,7-8H2,1-2H3,(H,14,17). The molecule has 6 nitrogen and oxygen atoms in total. The first-order chi connectivity index (χ1) is 9.17. The highest BCUT2D eigenvalue weighted by Crippen LogP contribution is 2.15. The van der Waals surface area contributed by atoms with Crippen LogP contribution in [0.1, 0.15) is 18.2 Å². The topological polar surface area (TPSA) is 77.2 Å². The van der Waals surface area contributed by atoms with Crippen molar-refractivity contribution in [1.82, 2.24) is 10.2 Å². The van der Waals surface area contributed by atoms with Gasteiger partial charge in [0, 0.05) is 25.5 Å². The molecule has 0 aliphatic carbocycles. The molecule has 1 N–H and O–H groups in total. The van der Waals surface area contributed by atoms with Crippen molar-refractivity contribution in [2.75, 3.05) is 12.4 Å². The van der Waals surface area contributed by atoms with E-state index in [1.165, 1.54) is 0 Å². The summed E-state index contributed by atoms with van der Waals surface area (Å²) in [6.45, 7) is 1.72. The van der Waals surface area contributed by atoms with Gasteiger partial charge in [-0.25, -0.2) is 0 Å². The predicted molar refractivity (Wildman–Crippen MR) is 69.0 cm³/mol. The normalized spacial score (nSPS) is 10.2. The minimum atomic E-state index is -0.0963. The van der Waals surface area contributed by atoms with Gasteiger partial charge in [-0.2, -0.15) is 0 Å². The van der Waals surface area contributed by atoms with Crippen LogP contribution >= 0.6 is 0 Å². The molecule has 19 heavy (non-hydrogen) atoms. The highest BCUT2D eigenvalue weighted by Gasteiger charge is 2.07. The second-order valence-corrected chi connectivity index (χ2v) is 3.99. The third-order valence-corrected chi connectivity index (χ3v) is 2.51. The number of aromatic nitrogens is 2. The maximum atomic E-state index is 11.7. The van der Waals surface area contributed by atoms with Crippen LogP contribution in [0.15, 0.2) is 28.7 Å². The first-order valence-electron chi connectivity index (χ1n) is 5.90. The van der Waals surface area contributed by atoms with Crippen molar-refractivity contribution in [2.45, 2.75) is 19.8 Å². The summed E-state index contributed by atoms with van der Waals surface area (Å²) in [6.07, 6.45) is 0.733. The number of aryl methyl sites for hydroxylation is 2. The number of rotatable bonds is 5. The minimum Gasteiger partial charge on any atom is -0.497 e. The third-order valence-electron chi connectivity index (χ3n) is 2.51. The quantitative estimate of drug-likeness (QED) is 0.890. The van der Waals surface area contributed by atoms with E-state index < -0.39 is 0 Å². The fourth-order valence-corrected chi connectivity index (χ4v) is 1.56. The summed E-state index contributed by atoms with van der Waals surface area (Å²) in [6, 6.07) is 7.15. The van der Waals surface area contributed by atoms with E-state index in [9.17, 15) is 4.79 Å². The van der Waals surface area contributed by atoms with Crippen molar-refractivity contribution in [3.63, 3.8) is 0 Å². The van der Waals surface area contributed by atoms with Gasteiger partial charge in [-0.15, -0.1) is 10.2 Å². The van der Waals surface area contributed by atoms with Crippen LogP contribution in [-0.4, -0.2) is 23.2 Å².